The molecule has 1 atom stereocenters. The number of para-hydroxylation sites is 1. The highest BCUT2D eigenvalue weighted by Gasteiger charge is 2.43. The van der Waals surface area contributed by atoms with Crippen LogP contribution in [0.2, 0.25) is 0 Å². The molecular formula is C18H16N4O3S. The van der Waals surface area contributed by atoms with E-state index in [0.717, 1.165) is 6.42 Å². The fourth-order valence-electron chi connectivity index (χ4n) is 3.35. The monoisotopic (exact) mass is 368 g/mol. The van der Waals surface area contributed by atoms with E-state index in [1.807, 2.05) is 0 Å². The zero-order valence-electron chi connectivity index (χ0n) is 13.9. The first-order valence-corrected chi connectivity index (χ1v) is 9.32. The van der Waals surface area contributed by atoms with Crippen molar-refractivity contribution in [2.24, 2.45) is 0 Å². The van der Waals surface area contributed by atoms with Crippen LogP contribution in [0.4, 0.5) is 5.69 Å². The molecule has 1 aromatic heterocycles. The summed E-state index contributed by atoms with van der Waals surface area (Å²) in [7, 11) is 0. The van der Waals surface area contributed by atoms with E-state index in [-0.39, 0.29) is 23.5 Å². The van der Waals surface area contributed by atoms with Gasteiger partial charge in [0.2, 0.25) is 5.91 Å². The molecule has 0 N–H and O–H groups in total. The second-order valence-corrected chi connectivity index (χ2v) is 7.00. The summed E-state index contributed by atoms with van der Waals surface area (Å²) in [4.78, 5) is 49.7. The van der Waals surface area contributed by atoms with E-state index >= 15 is 0 Å². The average Bonchev–Trinajstić information content (AvgIpc) is 3.14. The van der Waals surface area contributed by atoms with Gasteiger partial charge in [0.05, 0.1) is 17.0 Å². The Balaban J connectivity index is 1.66. The van der Waals surface area contributed by atoms with Gasteiger partial charge in [-0.1, -0.05) is 23.9 Å². The molecule has 0 aliphatic carbocycles. The number of aromatic nitrogens is 2. The van der Waals surface area contributed by atoms with Gasteiger partial charge in [0, 0.05) is 18.9 Å². The van der Waals surface area contributed by atoms with Crippen LogP contribution in [0.1, 0.15) is 23.2 Å². The standard InChI is InChI=1S/C18H16N4O3S/c23-15(11-26-18-19-8-4-9-20-18)22-13-6-2-1-5-12(13)16(24)21-10-3-7-14(21)17(22)25/h1-2,4-6,8-9,14H,3,7,10-11H2. The molecule has 1 saturated heterocycles. The molecule has 2 aromatic rings. The summed E-state index contributed by atoms with van der Waals surface area (Å²) in [5.74, 6) is -0.877. The van der Waals surface area contributed by atoms with E-state index in [2.05, 4.69) is 9.97 Å². The van der Waals surface area contributed by atoms with Gasteiger partial charge in [-0.15, -0.1) is 0 Å². The van der Waals surface area contributed by atoms with Crippen LogP contribution in [-0.2, 0) is 9.59 Å². The molecule has 1 unspecified atom stereocenters. The zero-order valence-corrected chi connectivity index (χ0v) is 14.7. The lowest BCUT2D eigenvalue weighted by Crippen LogP contribution is -2.47. The number of carbonyl (C=O) groups excluding carboxylic acids is 3. The van der Waals surface area contributed by atoms with Gasteiger partial charge in [0.1, 0.15) is 6.04 Å². The highest BCUT2D eigenvalue weighted by atomic mass is 32.2. The molecule has 1 fully saturated rings. The summed E-state index contributed by atoms with van der Waals surface area (Å²) in [6, 6.07) is 7.91. The molecule has 7 nitrogen and oxygen atoms in total. The maximum atomic E-state index is 13.1. The predicted molar refractivity (Wildman–Crippen MR) is 95.7 cm³/mol. The fourth-order valence-corrected chi connectivity index (χ4v) is 4.00. The Morgan fingerprint density at radius 1 is 1.15 bits per heavy atom. The van der Waals surface area contributed by atoms with Crippen LogP contribution in [0.15, 0.2) is 47.9 Å². The van der Waals surface area contributed by atoms with Crippen molar-refractivity contribution in [1.82, 2.24) is 14.9 Å². The number of imide groups is 1. The van der Waals surface area contributed by atoms with Crippen LogP contribution < -0.4 is 4.90 Å². The number of thioether (sulfide) groups is 1. The zero-order chi connectivity index (χ0) is 18.1. The lowest BCUT2D eigenvalue weighted by Gasteiger charge is -2.24. The molecule has 132 valence electrons. The van der Waals surface area contributed by atoms with Gasteiger partial charge < -0.3 is 4.90 Å². The Kier molecular flexibility index (Phi) is 4.42. The van der Waals surface area contributed by atoms with Crippen molar-refractivity contribution in [3.63, 3.8) is 0 Å². The molecule has 2 aliphatic heterocycles. The molecule has 0 radical (unpaired) electrons. The van der Waals surface area contributed by atoms with Crippen molar-refractivity contribution in [3.05, 3.63) is 48.3 Å². The summed E-state index contributed by atoms with van der Waals surface area (Å²) in [6.07, 6.45) is 4.54. The van der Waals surface area contributed by atoms with Crippen LogP contribution in [0.3, 0.4) is 0 Å². The molecule has 3 heterocycles. The minimum Gasteiger partial charge on any atom is -0.327 e. The number of benzene rings is 1. The van der Waals surface area contributed by atoms with Crippen LogP contribution in [-0.4, -0.2) is 50.9 Å². The van der Waals surface area contributed by atoms with E-state index < -0.39 is 6.04 Å². The second kappa shape index (κ2) is 6.87. The lowest BCUT2D eigenvalue weighted by molar-refractivity contribution is -0.127. The van der Waals surface area contributed by atoms with Gasteiger partial charge >= 0.3 is 0 Å². The van der Waals surface area contributed by atoms with E-state index in [1.165, 1.54) is 16.7 Å². The Bertz CT molecular complexity index is 874. The van der Waals surface area contributed by atoms with Crippen molar-refractivity contribution in [2.45, 2.75) is 24.0 Å². The lowest BCUT2D eigenvalue weighted by atomic mass is 10.1. The molecular weight excluding hydrogens is 352 g/mol. The molecule has 1 aromatic carbocycles. The van der Waals surface area contributed by atoms with E-state index in [9.17, 15) is 14.4 Å². The third-order valence-corrected chi connectivity index (χ3v) is 5.37. The minimum atomic E-state index is -0.572. The Morgan fingerprint density at radius 3 is 2.73 bits per heavy atom. The maximum absolute atomic E-state index is 13.1. The van der Waals surface area contributed by atoms with Crippen molar-refractivity contribution < 1.29 is 14.4 Å². The number of rotatable bonds is 3. The number of hydrogen-bond donors (Lipinski definition) is 0. The Hall–Kier alpha value is -2.74. The number of anilines is 1. The Morgan fingerprint density at radius 2 is 1.92 bits per heavy atom. The molecule has 8 heteroatoms. The first kappa shape index (κ1) is 16.7. The van der Waals surface area contributed by atoms with E-state index in [0.29, 0.717) is 29.4 Å². The highest BCUT2D eigenvalue weighted by Crippen LogP contribution is 2.32. The molecule has 26 heavy (non-hydrogen) atoms. The van der Waals surface area contributed by atoms with Crippen molar-refractivity contribution in [2.75, 3.05) is 17.2 Å². The molecule has 0 bridgehead atoms. The third kappa shape index (κ3) is 2.86. The van der Waals surface area contributed by atoms with Crippen LogP contribution >= 0.6 is 11.8 Å². The molecule has 2 aliphatic rings. The van der Waals surface area contributed by atoms with Crippen molar-refractivity contribution in [3.8, 4) is 0 Å². The van der Waals surface area contributed by atoms with Crippen LogP contribution in [0, 0.1) is 0 Å². The van der Waals surface area contributed by atoms with Gasteiger partial charge in [-0.05, 0) is 31.0 Å². The van der Waals surface area contributed by atoms with Gasteiger partial charge in [-0.2, -0.15) is 0 Å². The first-order valence-electron chi connectivity index (χ1n) is 8.33. The quantitative estimate of drug-likeness (QED) is 0.606. The molecule has 0 spiro atoms. The average molecular weight is 368 g/mol. The van der Waals surface area contributed by atoms with E-state index in [1.54, 1.807) is 47.6 Å². The van der Waals surface area contributed by atoms with Crippen molar-refractivity contribution >= 4 is 35.2 Å². The molecule has 4 rings (SSSR count). The SMILES string of the molecule is O=C(CSc1ncccn1)N1C(=O)C2CCCN2C(=O)c2ccccc21. The highest BCUT2D eigenvalue weighted by molar-refractivity contribution is 7.99. The summed E-state index contributed by atoms with van der Waals surface area (Å²) >= 11 is 1.17. The normalized spacial score (nSPS) is 19.2. The van der Waals surface area contributed by atoms with Gasteiger partial charge in [-0.25, -0.2) is 14.9 Å². The number of nitrogens with zero attached hydrogens (tertiary/aromatic N) is 4. The van der Waals surface area contributed by atoms with Crippen LogP contribution in [0.25, 0.3) is 0 Å². The van der Waals surface area contributed by atoms with Crippen molar-refractivity contribution in [1.29, 1.82) is 0 Å². The topological polar surface area (TPSA) is 83.5 Å². The first-order chi connectivity index (χ1) is 12.7. The number of carbonyl (C=O) groups is 3. The number of fused-ring (bicyclic) bond motifs is 2. The Labute approximate surface area is 154 Å². The smallest absolute Gasteiger partial charge is 0.256 e. The predicted octanol–water partition coefficient (Wildman–Crippen LogP) is 1.75. The molecule has 3 amide bonds. The summed E-state index contributed by atoms with van der Waals surface area (Å²) in [5, 5.41) is 0.468. The molecule has 0 saturated carbocycles. The number of amides is 3. The largest absolute Gasteiger partial charge is 0.327 e. The van der Waals surface area contributed by atoms with Gasteiger partial charge in [0.25, 0.3) is 11.8 Å². The van der Waals surface area contributed by atoms with Crippen LogP contribution in [0.5, 0.6) is 0 Å². The minimum absolute atomic E-state index is 0.0188. The van der Waals surface area contributed by atoms with Gasteiger partial charge in [-0.3, -0.25) is 14.4 Å². The van der Waals surface area contributed by atoms with Gasteiger partial charge in [0.15, 0.2) is 5.16 Å². The van der Waals surface area contributed by atoms with E-state index in [4.69, 9.17) is 0 Å². The summed E-state index contributed by atoms with van der Waals surface area (Å²) in [6.45, 7) is 0.540. The fraction of sp³-hybridized carbons (Fsp3) is 0.278. The number of hydrogen-bond acceptors (Lipinski definition) is 6. The third-order valence-electron chi connectivity index (χ3n) is 4.51. The summed E-state index contributed by atoms with van der Waals surface area (Å²) in [5.41, 5.74) is 0.746. The summed E-state index contributed by atoms with van der Waals surface area (Å²) < 4.78 is 0. The maximum Gasteiger partial charge on any atom is 0.256 e. The second-order valence-electron chi connectivity index (χ2n) is 6.06.